The zero-order chi connectivity index (χ0) is 20.2. The summed E-state index contributed by atoms with van der Waals surface area (Å²) in [7, 11) is 1.77. The van der Waals surface area contributed by atoms with Crippen molar-refractivity contribution >= 4 is 11.9 Å². The van der Waals surface area contributed by atoms with Crippen LogP contribution in [0.5, 0.6) is 0 Å². The van der Waals surface area contributed by atoms with Crippen molar-refractivity contribution in [3.05, 3.63) is 71.3 Å². The SMILES string of the molecule is CCC(C)NC(=O)c1cccc(CNC(=NC)NCCCc2ccccc2)c1. The normalized spacial score (nSPS) is 12.3. The molecule has 0 aliphatic carbocycles. The fourth-order valence-electron chi connectivity index (χ4n) is 2.78. The van der Waals surface area contributed by atoms with E-state index >= 15 is 0 Å². The average molecular weight is 381 g/mol. The van der Waals surface area contributed by atoms with Gasteiger partial charge in [0.1, 0.15) is 0 Å². The number of hydrogen-bond acceptors (Lipinski definition) is 2. The zero-order valence-corrected chi connectivity index (χ0v) is 17.2. The topological polar surface area (TPSA) is 65.5 Å². The highest BCUT2D eigenvalue weighted by atomic mass is 16.1. The molecule has 0 bridgehead atoms. The molecule has 0 saturated heterocycles. The third-order valence-electron chi connectivity index (χ3n) is 4.64. The summed E-state index contributed by atoms with van der Waals surface area (Å²) in [6.07, 6.45) is 2.99. The Kier molecular flexibility index (Phi) is 9.05. The molecule has 1 amide bonds. The van der Waals surface area contributed by atoms with Crippen molar-refractivity contribution in [1.82, 2.24) is 16.0 Å². The third-order valence-corrected chi connectivity index (χ3v) is 4.64. The molecule has 1 unspecified atom stereocenters. The minimum Gasteiger partial charge on any atom is -0.356 e. The molecule has 5 heteroatoms. The molecular formula is C23H32N4O. The van der Waals surface area contributed by atoms with Crippen LogP contribution in [0.25, 0.3) is 0 Å². The first-order valence-corrected chi connectivity index (χ1v) is 10.0. The molecule has 3 N–H and O–H groups in total. The Morgan fingerprint density at radius 2 is 1.79 bits per heavy atom. The van der Waals surface area contributed by atoms with Gasteiger partial charge in [0.2, 0.25) is 0 Å². The summed E-state index contributed by atoms with van der Waals surface area (Å²) in [6.45, 7) is 5.54. The van der Waals surface area contributed by atoms with E-state index in [1.54, 1.807) is 7.05 Å². The Balaban J connectivity index is 1.78. The van der Waals surface area contributed by atoms with Gasteiger partial charge in [0, 0.05) is 31.7 Å². The average Bonchev–Trinajstić information content (AvgIpc) is 2.74. The van der Waals surface area contributed by atoms with Gasteiger partial charge in [-0.2, -0.15) is 0 Å². The van der Waals surface area contributed by atoms with Crippen molar-refractivity contribution in [3.8, 4) is 0 Å². The number of aryl methyl sites for hydroxylation is 1. The lowest BCUT2D eigenvalue weighted by Crippen LogP contribution is -2.37. The van der Waals surface area contributed by atoms with Crippen LogP contribution in [0.15, 0.2) is 59.6 Å². The zero-order valence-electron chi connectivity index (χ0n) is 17.2. The van der Waals surface area contributed by atoms with Crippen LogP contribution in [0.3, 0.4) is 0 Å². The molecule has 1 atom stereocenters. The summed E-state index contributed by atoms with van der Waals surface area (Å²) in [4.78, 5) is 16.6. The molecule has 0 heterocycles. The highest BCUT2D eigenvalue weighted by Gasteiger charge is 2.09. The van der Waals surface area contributed by atoms with E-state index < -0.39 is 0 Å². The first-order chi connectivity index (χ1) is 13.6. The number of benzene rings is 2. The van der Waals surface area contributed by atoms with Crippen LogP contribution >= 0.6 is 0 Å². The number of hydrogen-bond donors (Lipinski definition) is 3. The monoisotopic (exact) mass is 380 g/mol. The minimum atomic E-state index is -0.0281. The number of rotatable bonds is 9. The number of amides is 1. The van der Waals surface area contributed by atoms with Gasteiger partial charge in [-0.1, -0.05) is 49.4 Å². The maximum atomic E-state index is 12.3. The molecule has 2 aromatic rings. The standard InChI is InChI=1S/C23H32N4O/c1-4-18(2)27-22(28)21-14-8-12-20(16-21)17-26-23(24-3)25-15-9-13-19-10-6-5-7-11-19/h5-8,10-12,14,16,18H,4,9,13,15,17H2,1-3H3,(H,27,28)(H2,24,25,26). The highest BCUT2D eigenvalue weighted by molar-refractivity contribution is 5.94. The molecule has 0 aliphatic heterocycles. The lowest BCUT2D eigenvalue weighted by atomic mass is 10.1. The largest absolute Gasteiger partial charge is 0.356 e. The second-order valence-electron chi connectivity index (χ2n) is 6.92. The Morgan fingerprint density at radius 1 is 1.04 bits per heavy atom. The van der Waals surface area contributed by atoms with E-state index in [1.165, 1.54) is 5.56 Å². The molecule has 150 valence electrons. The van der Waals surface area contributed by atoms with Crippen molar-refractivity contribution in [1.29, 1.82) is 0 Å². The minimum absolute atomic E-state index is 0.0281. The van der Waals surface area contributed by atoms with Crippen molar-refractivity contribution < 1.29 is 4.79 Å². The van der Waals surface area contributed by atoms with Crippen molar-refractivity contribution in [2.75, 3.05) is 13.6 Å². The lowest BCUT2D eigenvalue weighted by Gasteiger charge is -2.14. The van der Waals surface area contributed by atoms with Gasteiger partial charge < -0.3 is 16.0 Å². The molecule has 2 aromatic carbocycles. The van der Waals surface area contributed by atoms with E-state index in [0.717, 1.165) is 37.3 Å². The van der Waals surface area contributed by atoms with Crippen LogP contribution in [-0.2, 0) is 13.0 Å². The first-order valence-electron chi connectivity index (χ1n) is 10.0. The van der Waals surface area contributed by atoms with E-state index in [0.29, 0.717) is 12.1 Å². The number of carbonyl (C=O) groups excluding carboxylic acids is 1. The van der Waals surface area contributed by atoms with Crippen LogP contribution in [0.4, 0.5) is 0 Å². The maximum Gasteiger partial charge on any atom is 0.251 e. The van der Waals surface area contributed by atoms with Crippen LogP contribution in [-0.4, -0.2) is 31.5 Å². The van der Waals surface area contributed by atoms with Gasteiger partial charge in [-0.05, 0) is 49.4 Å². The second-order valence-corrected chi connectivity index (χ2v) is 6.92. The van der Waals surface area contributed by atoms with Crippen LogP contribution in [0.2, 0.25) is 0 Å². The molecule has 0 aliphatic rings. The van der Waals surface area contributed by atoms with E-state index in [1.807, 2.05) is 37.3 Å². The quantitative estimate of drug-likeness (QED) is 0.354. The Bertz CT molecular complexity index is 758. The first kappa shape index (κ1) is 21.5. The molecule has 0 radical (unpaired) electrons. The number of nitrogens with zero attached hydrogens (tertiary/aromatic N) is 1. The van der Waals surface area contributed by atoms with Crippen molar-refractivity contribution in [3.63, 3.8) is 0 Å². The lowest BCUT2D eigenvalue weighted by molar-refractivity contribution is 0.0939. The van der Waals surface area contributed by atoms with E-state index in [4.69, 9.17) is 0 Å². The predicted molar refractivity (Wildman–Crippen MR) is 117 cm³/mol. The van der Waals surface area contributed by atoms with Gasteiger partial charge in [-0.3, -0.25) is 9.79 Å². The summed E-state index contributed by atoms with van der Waals surface area (Å²) in [5.41, 5.74) is 3.08. The fourth-order valence-corrected chi connectivity index (χ4v) is 2.78. The number of guanidine groups is 1. The molecule has 5 nitrogen and oxygen atoms in total. The summed E-state index contributed by atoms with van der Waals surface area (Å²) in [5.74, 6) is 0.738. The summed E-state index contributed by atoms with van der Waals surface area (Å²) >= 11 is 0. The van der Waals surface area contributed by atoms with Crippen LogP contribution in [0.1, 0.15) is 48.2 Å². The Labute approximate surface area is 168 Å². The molecule has 0 spiro atoms. The molecule has 2 rings (SSSR count). The Morgan fingerprint density at radius 3 is 2.50 bits per heavy atom. The van der Waals surface area contributed by atoms with Gasteiger partial charge in [0.25, 0.3) is 5.91 Å². The van der Waals surface area contributed by atoms with Gasteiger partial charge in [-0.25, -0.2) is 0 Å². The van der Waals surface area contributed by atoms with Crippen LogP contribution < -0.4 is 16.0 Å². The maximum absolute atomic E-state index is 12.3. The molecule has 0 fully saturated rings. The van der Waals surface area contributed by atoms with Gasteiger partial charge >= 0.3 is 0 Å². The predicted octanol–water partition coefficient (Wildman–Crippen LogP) is 3.51. The molecule has 0 aromatic heterocycles. The van der Waals surface area contributed by atoms with Gasteiger partial charge in [0.05, 0.1) is 0 Å². The number of aliphatic imine (C=N–C) groups is 1. The Hall–Kier alpha value is -2.82. The highest BCUT2D eigenvalue weighted by Crippen LogP contribution is 2.06. The third kappa shape index (κ3) is 7.43. The number of carbonyl (C=O) groups is 1. The van der Waals surface area contributed by atoms with E-state index in [-0.39, 0.29) is 11.9 Å². The summed E-state index contributed by atoms with van der Waals surface area (Å²) in [5, 5.41) is 9.65. The second kappa shape index (κ2) is 11.8. The van der Waals surface area contributed by atoms with Gasteiger partial charge in [0.15, 0.2) is 5.96 Å². The van der Waals surface area contributed by atoms with Crippen molar-refractivity contribution in [2.24, 2.45) is 4.99 Å². The smallest absolute Gasteiger partial charge is 0.251 e. The summed E-state index contributed by atoms with van der Waals surface area (Å²) in [6, 6.07) is 18.3. The molecule has 28 heavy (non-hydrogen) atoms. The molecular weight excluding hydrogens is 348 g/mol. The van der Waals surface area contributed by atoms with Crippen LogP contribution in [0, 0.1) is 0 Å². The molecule has 0 saturated carbocycles. The van der Waals surface area contributed by atoms with Gasteiger partial charge in [-0.15, -0.1) is 0 Å². The fraction of sp³-hybridized carbons (Fsp3) is 0.391. The van der Waals surface area contributed by atoms with Crippen molar-refractivity contribution in [2.45, 2.75) is 45.7 Å². The van der Waals surface area contributed by atoms with E-state index in [2.05, 4.69) is 52.1 Å². The van der Waals surface area contributed by atoms with E-state index in [9.17, 15) is 4.79 Å². The summed E-state index contributed by atoms with van der Waals surface area (Å²) < 4.78 is 0. The number of nitrogens with one attached hydrogen (secondary N) is 3.